The number of benzene rings is 1. The molecule has 2 N–H and O–H groups in total. The molecule has 0 aromatic heterocycles. The van der Waals surface area contributed by atoms with Crippen molar-refractivity contribution in [1.29, 1.82) is 0 Å². The zero-order valence-corrected chi connectivity index (χ0v) is 25.2. The van der Waals surface area contributed by atoms with Crippen LogP contribution in [0.3, 0.4) is 0 Å². The molecule has 3 heteroatoms. The third-order valence-electron chi connectivity index (χ3n) is 14.4. The van der Waals surface area contributed by atoms with E-state index in [0.717, 1.165) is 24.8 Å². The van der Waals surface area contributed by atoms with Crippen molar-refractivity contribution in [3.63, 3.8) is 0 Å². The lowest BCUT2D eigenvalue weighted by Gasteiger charge is -2.72. The average molecular weight is 535 g/mol. The first kappa shape index (κ1) is 27.6. The van der Waals surface area contributed by atoms with Gasteiger partial charge in [-0.05, 0) is 145 Å². The lowest BCUT2D eigenvalue weighted by Crippen LogP contribution is -2.65. The largest absolute Gasteiger partial charge is 0.505 e. The van der Waals surface area contributed by atoms with Crippen LogP contribution < -0.4 is 0 Å². The Hall–Kier alpha value is -1.61. The Kier molecular flexibility index (Phi) is 6.14. The molecule has 0 saturated heterocycles. The van der Waals surface area contributed by atoms with Gasteiger partial charge in [0.15, 0.2) is 11.6 Å². The minimum absolute atomic E-state index is 0.0649. The maximum Gasteiger partial charge on any atom is 0.165 e. The van der Waals surface area contributed by atoms with E-state index in [1.165, 1.54) is 61.8 Å². The van der Waals surface area contributed by atoms with Gasteiger partial charge in [-0.15, -0.1) is 0 Å². The number of allylic oxidation sites excluding steroid dienone is 3. The molecule has 0 heterocycles. The third-order valence-corrected chi connectivity index (χ3v) is 14.4. The Morgan fingerprint density at radius 2 is 1.69 bits per heavy atom. The quantitative estimate of drug-likeness (QED) is 0.380. The summed E-state index contributed by atoms with van der Waals surface area (Å²) in [6, 6.07) is 4.93. The number of hydrogen-bond acceptors (Lipinski definition) is 2. The predicted octanol–water partition coefficient (Wildman–Crippen LogP) is 9.17. The van der Waals surface area contributed by atoms with Crippen molar-refractivity contribution in [2.24, 2.45) is 56.7 Å². The number of phenols is 1. The minimum atomic E-state index is -0.531. The fourth-order valence-corrected chi connectivity index (χ4v) is 12.3. The molecule has 39 heavy (non-hydrogen) atoms. The van der Waals surface area contributed by atoms with E-state index < -0.39 is 5.82 Å². The topological polar surface area (TPSA) is 40.5 Å². The summed E-state index contributed by atoms with van der Waals surface area (Å²) in [5.41, 5.74) is 4.29. The molecule has 5 aliphatic carbocycles. The summed E-state index contributed by atoms with van der Waals surface area (Å²) in [6.45, 7) is 19.7. The van der Waals surface area contributed by atoms with Gasteiger partial charge in [0, 0.05) is 6.61 Å². The van der Waals surface area contributed by atoms with Crippen molar-refractivity contribution in [3.8, 4) is 5.75 Å². The van der Waals surface area contributed by atoms with Crippen LogP contribution >= 0.6 is 0 Å². The second kappa shape index (κ2) is 8.70. The molecule has 4 saturated carbocycles. The molecule has 214 valence electrons. The van der Waals surface area contributed by atoms with E-state index in [2.05, 4.69) is 54.2 Å². The number of hydrogen-bond donors (Lipinski definition) is 2. The number of rotatable bonds is 3. The summed E-state index contributed by atoms with van der Waals surface area (Å²) in [4.78, 5) is 0. The molecule has 0 amide bonds. The van der Waals surface area contributed by atoms with Crippen LogP contribution in [0, 0.1) is 62.5 Å². The Balaban J connectivity index is 1.38. The summed E-state index contributed by atoms with van der Waals surface area (Å²) < 4.78 is 14.4. The predicted molar refractivity (Wildman–Crippen MR) is 157 cm³/mol. The van der Waals surface area contributed by atoms with Crippen LogP contribution in [-0.4, -0.2) is 16.8 Å². The molecule has 2 nitrogen and oxygen atoms in total. The SMILES string of the molecule is C=C(C)C1CCC2(CO)CCC3(C)C(CCC4C5(C)CC=C(c6ccc(O)c(F)c6)C(C)(C)C5CCC43C)C12. The summed E-state index contributed by atoms with van der Waals surface area (Å²) >= 11 is 0. The van der Waals surface area contributed by atoms with Crippen LogP contribution in [-0.2, 0) is 0 Å². The number of aromatic hydroxyl groups is 1. The average Bonchev–Trinajstić information content (AvgIpc) is 3.26. The summed E-state index contributed by atoms with van der Waals surface area (Å²) in [5.74, 6) is 2.17. The van der Waals surface area contributed by atoms with Gasteiger partial charge < -0.3 is 10.2 Å². The van der Waals surface area contributed by atoms with Crippen LogP contribution in [0.15, 0.2) is 36.4 Å². The first-order valence-electron chi connectivity index (χ1n) is 15.7. The molecule has 0 spiro atoms. The van der Waals surface area contributed by atoms with Crippen molar-refractivity contribution < 1.29 is 14.6 Å². The second-order valence-corrected chi connectivity index (χ2v) is 15.9. The molecular weight excluding hydrogens is 483 g/mol. The van der Waals surface area contributed by atoms with E-state index in [1.807, 2.05) is 6.07 Å². The number of halogens is 1. The van der Waals surface area contributed by atoms with Crippen molar-refractivity contribution in [2.75, 3.05) is 6.61 Å². The number of aliphatic hydroxyl groups is 1. The van der Waals surface area contributed by atoms with Gasteiger partial charge in [-0.2, -0.15) is 0 Å². The lowest BCUT2D eigenvalue weighted by molar-refractivity contribution is -0.228. The highest BCUT2D eigenvalue weighted by molar-refractivity contribution is 5.72. The Bertz CT molecular complexity index is 1210. The smallest absolute Gasteiger partial charge is 0.165 e. The van der Waals surface area contributed by atoms with Crippen molar-refractivity contribution in [1.82, 2.24) is 0 Å². The van der Waals surface area contributed by atoms with Gasteiger partial charge in [0.1, 0.15) is 0 Å². The summed E-state index contributed by atoms with van der Waals surface area (Å²) in [7, 11) is 0. The highest BCUT2D eigenvalue weighted by atomic mass is 19.1. The molecule has 1 aromatic rings. The maximum atomic E-state index is 14.4. The van der Waals surface area contributed by atoms with Gasteiger partial charge in [0.2, 0.25) is 0 Å². The van der Waals surface area contributed by atoms with Crippen LogP contribution in [0.5, 0.6) is 5.75 Å². The second-order valence-electron chi connectivity index (χ2n) is 15.9. The Morgan fingerprint density at radius 3 is 2.36 bits per heavy atom. The molecule has 6 rings (SSSR count). The van der Waals surface area contributed by atoms with Gasteiger partial charge in [-0.25, -0.2) is 4.39 Å². The first-order valence-corrected chi connectivity index (χ1v) is 15.7. The van der Waals surface area contributed by atoms with Crippen molar-refractivity contribution >= 4 is 5.57 Å². The zero-order chi connectivity index (χ0) is 28.2. The monoisotopic (exact) mass is 534 g/mol. The molecule has 4 fully saturated rings. The first-order chi connectivity index (χ1) is 18.2. The molecule has 0 radical (unpaired) electrons. The molecule has 0 bridgehead atoms. The summed E-state index contributed by atoms with van der Waals surface area (Å²) in [6.07, 6.45) is 13.2. The maximum absolute atomic E-state index is 14.4. The van der Waals surface area contributed by atoms with E-state index in [9.17, 15) is 14.6 Å². The Morgan fingerprint density at radius 1 is 0.949 bits per heavy atom. The molecule has 9 unspecified atom stereocenters. The highest BCUT2D eigenvalue weighted by Gasteiger charge is 2.70. The van der Waals surface area contributed by atoms with Crippen LogP contribution in [0.25, 0.3) is 5.57 Å². The van der Waals surface area contributed by atoms with Gasteiger partial charge in [-0.3, -0.25) is 0 Å². The van der Waals surface area contributed by atoms with Crippen molar-refractivity contribution in [2.45, 2.75) is 99.3 Å². The molecule has 0 aliphatic heterocycles. The van der Waals surface area contributed by atoms with Crippen LogP contribution in [0.4, 0.5) is 4.39 Å². The molecule has 9 atom stereocenters. The van der Waals surface area contributed by atoms with Crippen LogP contribution in [0.2, 0.25) is 0 Å². The van der Waals surface area contributed by atoms with Gasteiger partial charge >= 0.3 is 0 Å². The fraction of sp³-hybridized carbons (Fsp3) is 0.722. The van der Waals surface area contributed by atoms with E-state index in [0.29, 0.717) is 36.2 Å². The minimum Gasteiger partial charge on any atom is -0.505 e. The molecule has 1 aromatic carbocycles. The van der Waals surface area contributed by atoms with E-state index in [-0.39, 0.29) is 32.8 Å². The highest BCUT2D eigenvalue weighted by Crippen LogP contribution is 2.77. The zero-order valence-electron chi connectivity index (χ0n) is 25.2. The Labute approximate surface area is 236 Å². The lowest BCUT2D eigenvalue weighted by atomic mass is 9.32. The van der Waals surface area contributed by atoms with E-state index >= 15 is 0 Å². The number of phenolic OH excluding ortho intramolecular Hbond substituents is 1. The van der Waals surface area contributed by atoms with Gasteiger partial charge in [0.05, 0.1) is 0 Å². The normalized spacial score (nSPS) is 46.4. The summed E-state index contributed by atoms with van der Waals surface area (Å²) in [5, 5.41) is 20.6. The van der Waals surface area contributed by atoms with E-state index in [1.54, 1.807) is 0 Å². The number of aliphatic hydroxyl groups excluding tert-OH is 1. The van der Waals surface area contributed by atoms with Gasteiger partial charge in [-0.1, -0.05) is 58.9 Å². The molecule has 5 aliphatic rings. The fourth-order valence-electron chi connectivity index (χ4n) is 12.3. The third kappa shape index (κ3) is 3.47. The molecular formula is C36H51FO2. The van der Waals surface area contributed by atoms with Crippen molar-refractivity contribution in [3.05, 3.63) is 47.8 Å². The number of fused-ring (bicyclic) bond motifs is 7. The van der Waals surface area contributed by atoms with E-state index in [4.69, 9.17) is 0 Å². The van der Waals surface area contributed by atoms with Gasteiger partial charge in [0.25, 0.3) is 0 Å². The van der Waals surface area contributed by atoms with Crippen LogP contribution in [0.1, 0.15) is 105 Å². The standard InChI is InChI=1S/C36H51FO2/c1-22(2)24-12-17-36(21-38)19-18-34(6)26(31(24)36)9-11-30-33(5)15-13-25(23-8-10-28(39)27(37)20-23)32(3,4)29(33)14-16-35(30,34)7/h8,10,13,20,24,26,29-31,38-39H,1,9,11-12,14-19,21H2,2-7H3.